The first-order valence-corrected chi connectivity index (χ1v) is 6.34. The van der Waals surface area contributed by atoms with Crippen LogP contribution in [0.5, 0.6) is 0 Å². The number of amides is 1. The Hall–Kier alpha value is -1.77. The van der Waals surface area contributed by atoms with Crippen LogP contribution in [0.2, 0.25) is 0 Å². The van der Waals surface area contributed by atoms with E-state index in [-0.39, 0.29) is 6.09 Å². The molecule has 0 aliphatic rings. The van der Waals surface area contributed by atoms with Crippen LogP contribution in [-0.2, 0) is 11.3 Å². The van der Waals surface area contributed by atoms with Gasteiger partial charge in [0.05, 0.1) is 0 Å². The van der Waals surface area contributed by atoms with Gasteiger partial charge in [-0.05, 0) is 25.3 Å². The minimum absolute atomic E-state index is 0.245. The minimum Gasteiger partial charge on any atom is -0.445 e. The summed E-state index contributed by atoms with van der Waals surface area (Å²) in [6, 6.07) is 9.71. The molecule has 0 saturated heterocycles. The van der Waals surface area contributed by atoms with Crippen molar-refractivity contribution in [2.24, 2.45) is 0 Å². The van der Waals surface area contributed by atoms with Crippen LogP contribution in [0.15, 0.2) is 43.0 Å². The van der Waals surface area contributed by atoms with Crippen molar-refractivity contribution in [3.8, 4) is 0 Å². The summed E-state index contributed by atoms with van der Waals surface area (Å²) in [7, 11) is 0. The SMILES string of the molecule is C=CCCCN(CC)C(=O)OCc1ccccc1. The van der Waals surface area contributed by atoms with E-state index < -0.39 is 0 Å². The predicted octanol–water partition coefficient (Wildman–Crippen LogP) is 3.61. The lowest BCUT2D eigenvalue weighted by atomic mass is 10.2. The van der Waals surface area contributed by atoms with Gasteiger partial charge in [0.15, 0.2) is 0 Å². The number of carbonyl (C=O) groups excluding carboxylic acids is 1. The third-order valence-corrected chi connectivity index (χ3v) is 2.68. The summed E-state index contributed by atoms with van der Waals surface area (Å²) in [5.74, 6) is 0. The Kier molecular flexibility index (Phi) is 6.62. The molecule has 0 fully saturated rings. The topological polar surface area (TPSA) is 29.5 Å². The van der Waals surface area contributed by atoms with Gasteiger partial charge in [0.2, 0.25) is 0 Å². The fourth-order valence-electron chi connectivity index (χ4n) is 1.62. The van der Waals surface area contributed by atoms with Gasteiger partial charge in [0.1, 0.15) is 6.61 Å². The van der Waals surface area contributed by atoms with Gasteiger partial charge < -0.3 is 9.64 Å². The second-order valence-electron chi connectivity index (χ2n) is 4.05. The molecule has 0 aliphatic carbocycles. The predicted molar refractivity (Wildman–Crippen MR) is 73.3 cm³/mol. The lowest BCUT2D eigenvalue weighted by molar-refractivity contribution is 0.0977. The standard InChI is InChI=1S/C15H21NO2/c1-3-5-9-12-16(4-2)15(17)18-13-14-10-7-6-8-11-14/h3,6-8,10-11H,1,4-5,9,12-13H2,2H3. The van der Waals surface area contributed by atoms with Crippen LogP contribution < -0.4 is 0 Å². The molecule has 1 rings (SSSR count). The quantitative estimate of drug-likeness (QED) is 0.544. The highest BCUT2D eigenvalue weighted by atomic mass is 16.6. The van der Waals surface area contributed by atoms with Gasteiger partial charge in [0.25, 0.3) is 0 Å². The number of allylic oxidation sites excluding steroid dienone is 1. The molecule has 3 nitrogen and oxygen atoms in total. The van der Waals surface area contributed by atoms with Gasteiger partial charge in [-0.25, -0.2) is 4.79 Å². The number of benzene rings is 1. The second-order valence-corrected chi connectivity index (χ2v) is 4.05. The van der Waals surface area contributed by atoms with Gasteiger partial charge >= 0.3 is 6.09 Å². The number of ether oxygens (including phenoxy) is 1. The monoisotopic (exact) mass is 247 g/mol. The molecule has 0 radical (unpaired) electrons. The minimum atomic E-state index is -0.245. The first-order chi connectivity index (χ1) is 8.77. The highest BCUT2D eigenvalue weighted by molar-refractivity contribution is 5.67. The summed E-state index contributed by atoms with van der Waals surface area (Å²) in [6.45, 7) is 7.35. The van der Waals surface area contributed by atoms with Crippen LogP contribution in [-0.4, -0.2) is 24.1 Å². The zero-order chi connectivity index (χ0) is 13.2. The Labute approximate surface area is 109 Å². The number of hydrogen-bond acceptors (Lipinski definition) is 2. The molecular formula is C15H21NO2. The summed E-state index contributed by atoms with van der Waals surface area (Å²) in [5, 5.41) is 0. The van der Waals surface area contributed by atoms with E-state index in [1.165, 1.54) is 0 Å². The molecule has 98 valence electrons. The molecule has 1 aromatic carbocycles. The molecule has 0 atom stereocenters. The molecule has 0 aromatic heterocycles. The Bertz CT molecular complexity index is 362. The van der Waals surface area contributed by atoms with Crippen LogP contribution in [0.25, 0.3) is 0 Å². The van der Waals surface area contributed by atoms with Gasteiger partial charge in [-0.2, -0.15) is 0 Å². The summed E-state index contributed by atoms with van der Waals surface area (Å²) < 4.78 is 5.27. The van der Waals surface area contributed by atoms with Crippen LogP contribution in [0.4, 0.5) is 4.79 Å². The lowest BCUT2D eigenvalue weighted by Gasteiger charge is -2.20. The van der Waals surface area contributed by atoms with Gasteiger partial charge in [-0.1, -0.05) is 36.4 Å². The maximum absolute atomic E-state index is 11.8. The number of rotatable bonds is 7. The van der Waals surface area contributed by atoms with E-state index >= 15 is 0 Å². The van der Waals surface area contributed by atoms with E-state index in [2.05, 4.69) is 6.58 Å². The Morgan fingerprint density at radius 1 is 1.39 bits per heavy atom. The van der Waals surface area contributed by atoms with Crippen LogP contribution in [0.3, 0.4) is 0 Å². The van der Waals surface area contributed by atoms with Gasteiger partial charge in [-0.3, -0.25) is 0 Å². The van der Waals surface area contributed by atoms with Crippen molar-refractivity contribution in [2.75, 3.05) is 13.1 Å². The van der Waals surface area contributed by atoms with E-state index in [1.54, 1.807) is 4.90 Å². The van der Waals surface area contributed by atoms with Crippen molar-refractivity contribution >= 4 is 6.09 Å². The summed E-state index contributed by atoms with van der Waals surface area (Å²) >= 11 is 0. The van der Waals surface area contributed by atoms with E-state index in [0.29, 0.717) is 13.2 Å². The third kappa shape index (κ3) is 5.04. The Morgan fingerprint density at radius 2 is 2.11 bits per heavy atom. The largest absolute Gasteiger partial charge is 0.445 e. The van der Waals surface area contributed by atoms with E-state index in [1.807, 2.05) is 43.3 Å². The molecule has 0 N–H and O–H groups in total. The van der Waals surface area contributed by atoms with Crippen molar-refractivity contribution in [2.45, 2.75) is 26.4 Å². The highest BCUT2D eigenvalue weighted by Crippen LogP contribution is 2.04. The number of carbonyl (C=O) groups is 1. The fourth-order valence-corrected chi connectivity index (χ4v) is 1.62. The lowest BCUT2D eigenvalue weighted by Crippen LogP contribution is -2.32. The second kappa shape index (κ2) is 8.34. The van der Waals surface area contributed by atoms with Crippen molar-refractivity contribution in [3.05, 3.63) is 48.6 Å². The first kappa shape index (κ1) is 14.3. The number of hydrogen-bond donors (Lipinski definition) is 0. The number of nitrogens with zero attached hydrogens (tertiary/aromatic N) is 1. The van der Waals surface area contributed by atoms with Crippen LogP contribution in [0.1, 0.15) is 25.3 Å². The third-order valence-electron chi connectivity index (χ3n) is 2.68. The van der Waals surface area contributed by atoms with Crippen LogP contribution in [0, 0.1) is 0 Å². The molecule has 0 aliphatic heterocycles. The molecule has 1 aromatic rings. The van der Waals surface area contributed by atoms with E-state index in [0.717, 1.165) is 24.9 Å². The molecule has 0 unspecified atom stereocenters. The molecule has 1 amide bonds. The van der Waals surface area contributed by atoms with Crippen molar-refractivity contribution < 1.29 is 9.53 Å². The van der Waals surface area contributed by atoms with Gasteiger partial charge in [0, 0.05) is 13.1 Å². The average Bonchev–Trinajstić information content (AvgIpc) is 2.42. The Morgan fingerprint density at radius 3 is 2.72 bits per heavy atom. The average molecular weight is 247 g/mol. The maximum Gasteiger partial charge on any atom is 0.410 e. The zero-order valence-corrected chi connectivity index (χ0v) is 11.0. The molecule has 0 heterocycles. The normalized spacial score (nSPS) is 9.83. The molecule has 3 heteroatoms. The summed E-state index contributed by atoms with van der Waals surface area (Å²) in [4.78, 5) is 13.5. The van der Waals surface area contributed by atoms with E-state index in [4.69, 9.17) is 4.74 Å². The fraction of sp³-hybridized carbons (Fsp3) is 0.400. The molecular weight excluding hydrogens is 226 g/mol. The molecule has 18 heavy (non-hydrogen) atoms. The number of unbranched alkanes of at least 4 members (excludes halogenated alkanes) is 1. The molecule has 0 spiro atoms. The van der Waals surface area contributed by atoms with E-state index in [9.17, 15) is 4.79 Å². The molecule has 0 bridgehead atoms. The Balaban J connectivity index is 2.35. The summed E-state index contributed by atoms with van der Waals surface area (Å²) in [5.41, 5.74) is 1.01. The van der Waals surface area contributed by atoms with Crippen molar-refractivity contribution in [1.82, 2.24) is 4.90 Å². The van der Waals surface area contributed by atoms with Crippen molar-refractivity contribution in [3.63, 3.8) is 0 Å². The molecule has 0 saturated carbocycles. The smallest absolute Gasteiger partial charge is 0.410 e. The van der Waals surface area contributed by atoms with Crippen molar-refractivity contribution in [1.29, 1.82) is 0 Å². The highest BCUT2D eigenvalue weighted by Gasteiger charge is 2.11. The van der Waals surface area contributed by atoms with Gasteiger partial charge in [-0.15, -0.1) is 6.58 Å². The maximum atomic E-state index is 11.8. The summed E-state index contributed by atoms with van der Waals surface area (Å²) in [6.07, 6.45) is 3.47. The first-order valence-electron chi connectivity index (χ1n) is 6.34. The zero-order valence-electron chi connectivity index (χ0n) is 11.0. The van der Waals surface area contributed by atoms with Crippen LogP contribution >= 0.6 is 0 Å².